The minimum absolute atomic E-state index is 0.0182. The van der Waals surface area contributed by atoms with Crippen molar-refractivity contribution in [1.29, 1.82) is 0 Å². The van der Waals surface area contributed by atoms with E-state index in [1.54, 1.807) is 17.0 Å². The summed E-state index contributed by atoms with van der Waals surface area (Å²) in [4.78, 5) is 28.4. The Morgan fingerprint density at radius 1 is 1.00 bits per heavy atom. The number of aryl methyl sites for hydroxylation is 2. The van der Waals surface area contributed by atoms with Crippen LogP contribution >= 0.6 is 0 Å². The smallest absolute Gasteiger partial charge is 0.254 e. The van der Waals surface area contributed by atoms with E-state index >= 15 is 0 Å². The summed E-state index contributed by atoms with van der Waals surface area (Å²) >= 11 is 0. The Hall–Kier alpha value is -2.66. The molecule has 0 spiro atoms. The second kappa shape index (κ2) is 7.70. The zero-order valence-corrected chi connectivity index (χ0v) is 15.2. The maximum Gasteiger partial charge on any atom is 0.254 e. The first-order valence-corrected chi connectivity index (χ1v) is 8.79. The van der Waals surface area contributed by atoms with Gasteiger partial charge in [-0.25, -0.2) is 0 Å². The van der Waals surface area contributed by atoms with Crippen molar-refractivity contribution >= 4 is 11.8 Å². The van der Waals surface area contributed by atoms with Gasteiger partial charge in [0.15, 0.2) is 0 Å². The summed E-state index contributed by atoms with van der Waals surface area (Å²) < 4.78 is 0. The molecule has 2 aromatic carbocycles. The van der Waals surface area contributed by atoms with E-state index in [2.05, 4.69) is 0 Å². The summed E-state index contributed by atoms with van der Waals surface area (Å²) in [6, 6.07) is 15.2. The SMILES string of the molecule is Cc1ccc(CN2CC(O)CN(C(=O)c3ccc(C)cc3)CC2=O)cc1. The highest BCUT2D eigenvalue weighted by Gasteiger charge is 2.29. The van der Waals surface area contributed by atoms with Gasteiger partial charge in [-0.2, -0.15) is 0 Å². The number of β-amino-alcohol motifs (C(OH)–C–C–N with tert-alkyl or cyclic N) is 1. The quantitative estimate of drug-likeness (QED) is 0.921. The molecule has 3 rings (SSSR count). The Morgan fingerprint density at radius 2 is 1.58 bits per heavy atom. The highest BCUT2D eigenvalue weighted by atomic mass is 16.3. The number of aliphatic hydroxyl groups excluding tert-OH is 1. The van der Waals surface area contributed by atoms with Crippen molar-refractivity contribution in [1.82, 2.24) is 9.80 Å². The molecule has 1 heterocycles. The van der Waals surface area contributed by atoms with Crippen molar-refractivity contribution in [3.8, 4) is 0 Å². The standard InChI is InChI=1S/C21H24N2O3/c1-15-3-7-17(8-4-15)11-22-12-19(24)13-23(14-20(22)25)21(26)18-9-5-16(2)6-10-18/h3-10,19,24H,11-14H2,1-2H3. The van der Waals surface area contributed by atoms with Crippen LogP contribution in [0.5, 0.6) is 0 Å². The van der Waals surface area contributed by atoms with Gasteiger partial charge in [0.25, 0.3) is 5.91 Å². The molecule has 1 fully saturated rings. The highest BCUT2D eigenvalue weighted by Crippen LogP contribution is 2.14. The van der Waals surface area contributed by atoms with Gasteiger partial charge in [-0.15, -0.1) is 0 Å². The van der Waals surface area contributed by atoms with Crippen molar-refractivity contribution in [3.05, 3.63) is 70.8 Å². The number of carbonyl (C=O) groups is 2. The van der Waals surface area contributed by atoms with Crippen LogP contribution in [0.1, 0.15) is 27.0 Å². The third-order valence-corrected chi connectivity index (χ3v) is 4.62. The molecule has 1 atom stereocenters. The Morgan fingerprint density at radius 3 is 2.19 bits per heavy atom. The van der Waals surface area contributed by atoms with Crippen LogP contribution in [-0.2, 0) is 11.3 Å². The van der Waals surface area contributed by atoms with Gasteiger partial charge in [-0.05, 0) is 31.5 Å². The van der Waals surface area contributed by atoms with E-state index in [1.165, 1.54) is 4.90 Å². The molecule has 2 aromatic rings. The van der Waals surface area contributed by atoms with Gasteiger partial charge in [0.05, 0.1) is 6.10 Å². The van der Waals surface area contributed by atoms with E-state index in [1.807, 2.05) is 50.2 Å². The fourth-order valence-electron chi connectivity index (χ4n) is 3.10. The minimum atomic E-state index is -0.763. The molecule has 0 radical (unpaired) electrons. The maximum absolute atomic E-state index is 12.7. The van der Waals surface area contributed by atoms with E-state index in [9.17, 15) is 14.7 Å². The molecule has 0 bridgehead atoms. The third-order valence-electron chi connectivity index (χ3n) is 4.62. The Labute approximate surface area is 153 Å². The van der Waals surface area contributed by atoms with Crippen LogP contribution in [0.2, 0.25) is 0 Å². The Balaban J connectivity index is 1.72. The highest BCUT2D eigenvalue weighted by molar-refractivity contribution is 5.96. The first-order chi connectivity index (χ1) is 12.4. The zero-order chi connectivity index (χ0) is 18.7. The van der Waals surface area contributed by atoms with E-state index < -0.39 is 6.10 Å². The molecule has 1 aliphatic rings. The monoisotopic (exact) mass is 352 g/mol. The molecular weight excluding hydrogens is 328 g/mol. The molecule has 1 saturated heterocycles. The van der Waals surface area contributed by atoms with Crippen LogP contribution in [-0.4, -0.2) is 52.5 Å². The summed E-state index contributed by atoms with van der Waals surface area (Å²) in [6.07, 6.45) is -0.763. The van der Waals surface area contributed by atoms with Gasteiger partial charge in [0, 0.05) is 25.2 Å². The number of nitrogens with zero attached hydrogens (tertiary/aromatic N) is 2. The maximum atomic E-state index is 12.7. The normalized spacial score (nSPS) is 18.0. The van der Waals surface area contributed by atoms with Crippen LogP contribution in [0.4, 0.5) is 0 Å². The van der Waals surface area contributed by atoms with Crippen LogP contribution in [0.15, 0.2) is 48.5 Å². The number of rotatable bonds is 3. The fraction of sp³-hybridized carbons (Fsp3) is 0.333. The number of benzene rings is 2. The number of amides is 2. The number of carbonyl (C=O) groups excluding carboxylic acids is 2. The second-order valence-electron chi connectivity index (χ2n) is 6.97. The summed E-state index contributed by atoms with van der Waals surface area (Å²) in [7, 11) is 0. The molecule has 1 unspecified atom stereocenters. The average Bonchev–Trinajstić information content (AvgIpc) is 2.75. The van der Waals surface area contributed by atoms with Crippen LogP contribution in [0.25, 0.3) is 0 Å². The molecule has 136 valence electrons. The third kappa shape index (κ3) is 4.29. The number of hydrogen-bond donors (Lipinski definition) is 1. The minimum Gasteiger partial charge on any atom is -0.389 e. The van der Waals surface area contributed by atoms with E-state index in [0.717, 1.165) is 16.7 Å². The summed E-state index contributed by atoms with van der Waals surface area (Å²) in [5, 5.41) is 10.3. The largest absolute Gasteiger partial charge is 0.389 e. The van der Waals surface area contributed by atoms with Crippen LogP contribution < -0.4 is 0 Å². The van der Waals surface area contributed by atoms with E-state index in [0.29, 0.717) is 12.1 Å². The van der Waals surface area contributed by atoms with Crippen molar-refractivity contribution in [2.24, 2.45) is 0 Å². The molecule has 2 amide bonds. The molecule has 0 saturated carbocycles. The molecule has 5 nitrogen and oxygen atoms in total. The molecule has 1 N–H and O–H groups in total. The lowest BCUT2D eigenvalue weighted by Gasteiger charge is -2.22. The number of aliphatic hydroxyl groups is 1. The molecule has 0 aromatic heterocycles. The lowest BCUT2D eigenvalue weighted by atomic mass is 10.1. The van der Waals surface area contributed by atoms with Gasteiger partial charge >= 0.3 is 0 Å². The summed E-state index contributed by atoms with van der Waals surface area (Å²) in [5.41, 5.74) is 3.76. The summed E-state index contributed by atoms with van der Waals surface area (Å²) in [6.45, 7) is 4.77. The van der Waals surface area contributed by atoms with Gasteiger partial charge < -0.3 is 14.9 Å². The van der Waals surface area contributed by atoms with E-state index in [4.69, 9.17) is 0 Å². The molecular formula is C21H24N2O3. The van der Waals surface area contributed by atoms with Gasteiger partial charge in [-0.3, -0.25) is 9.59 Å². The van der Waals surface area contributed by atoms with Crippen LogP contribution in [0.3, 0.4) is 0 Å². The molecule has 5 heteroatoms. The molecule has 0 aliphatic carbocycles. The zero-order valence-electron chi connectivity index (χ0n) is 15.2. The lowest BCUT2D eigenvalue weighted by Crippen LogP contribution is -2.39. The predicted octanol–water partition coefficient (Wildman–Crippen LogP) is 2.15. The number of hydrogen-bond acceptors (Lipinski definition) is 3. The van der Waals surface area contributed by atoms with Crippen molar-refractivity contribution < 1.29 is 14.7 Å². The first kappa shape index (κ1) is 18.1. The topological polar surface area (TPSA) is 60.9 Å². The van der Waals surface area contributed by atoms with Gasteiger partial charge in [0.1, 0.15) is 6.54 Å². The lowest BCUT2D eigenvalue weighted by molar-refractivity contribution is -0.131. The van der Waals surface area contributed by atoms with Gasteiger partial charge in [0.2, 0.25) is 5.91 Å². The Kier molecular flexibility index (Phi) is 5.38. The average molecular weight is 352 g/mol. The van der Waals surface area contributed by atoms with Crippen molar-refractivity contribution in [2.45, 2.75) is 26.5 Å². The molecule has 26 heavy (non-hydrogen) atoms. The Bertz CT molecular complexity index is 784. The predicted molar refractivity (Wildman–Crippen MR) is 99.7 cm³/mol. The van der Waals surface area contributed by atoms with Gasteiger partial charge in [-0.1, -0.05) is 47.5 Å². The second-order valence-corrected chi connectivity index (χ2v) is 6.97. The van der Waals surface area contributed by atoms with Crippen molar-refractivity contribution in [3.63, 3.8) is 0 Å². The molecule has 1 aliphatic heterocycles. The van der Waals surface area contributed by atoms with E-state index in [-0.39, 0.29) is 31.4 Å². The van der Waals surface area contributed by atoms with Crippen LogP contribution in [0, 0.1) is 13.8 Å². The van der Waals surface area contributed by atoms with Crippen molar-refractivity contribution in [2.75, 3.05) is 19.6 Å². The first-order valence-electron chi connectivity index (χ1n) is 8.79. The fourth-order valence-corrected chi connectivity index (χ4v) is 3.10. The summed E-state index contributed by atoms with van der Waals surface area (Å²) in [5.74, 6) is -0.378.